The van der Waals surface area contributed by atoms with Crippen LogP contribution in [0, 0.1) is 23.2 Å². The summed E-state index contributed by atoms with van der Waals surface area (Å²) in [6, 6.07) is 10.9. The monoisotopic (exact) mass is 381 g/mol. The zero-order chi connectivity index (χ0) is 19.1. The van der Waals surface area contributed by atoms with E-state index in [2.05, 4.69) is 52.4 Å². The molecular formula is C24H35N3O. The first kappa shape index (κ1) is 18.5. The van der Waals surface area contributed by atoms with E-state index in [1.54, 1.807) is 0 Å². The van der Waals surface area contributed by atoms with Crippen molar-refractivity contribution in [2.75, 3.05) is 37.6 Å². The predicted molar refractivity (Wildman–Crippen MR) is 113 cm³/mol. The van der Waals surface area contributed by atoms with E-state index < -0.39 is 0 Å². The first-order valence-electron chi connectivity index (χ1n) is 11.4. The molecule has 4 nitrogen and oxygen atoms in total. The van der Waals surface area contributed by atoms with Crippen LogP contribution in [0.5, 0.6) is 0 Å². The number of nitrogens with one attached hydrogen (secondary N) is 1. The van der Waals surface area contributed by atoms with E-state index in [-0.39, 0.29) is 5.91 Å². The van der Waals surface area contributed by atoms with Crippen LogP contribution in [0.1, 0.15) is 45.4 Å². The molecule has 6 rings (SSSR count). The Morgan fingerprint density at radius 1 is 1.00 bits per heavy atom. The van der Waals surface area contributed by atoms with Gasteiger partial charge in [0.2, 0.25) is 5.91 Å². The van der Waals surface area contributed by atoms with Crippen LogP contribution < -0.4 is 10.2 Å². The molecule has 4 saturated carbocycles. The third kappa shape index (κ3) is 3.56. The molecule has 0 spiro atoms. The fraction of sp³-hybridized carbons (Fsp3) is 0.708. The Bertz CT molecular complexity index is 660. The van der Waals surface area contributed by atoms with Crippen LogP contribution in [0.15, 0.2) is 30.3 Å². The Morgan fingerprint density at radius 2 is 1.57 bits per heavy atom. The number of hydrogen-bond acceptors (Lipinski definition) is 3. The second-order valence-electron chi connectivity index (χ2n) is 10.2. The van der Waals surface area contributed by atoms with Crippen molar-refractivity contribution < 1.29 is 4.79 Å². The summed E-state index contributed by atoms with van der Waals surface area (Å²) in [5.74, 6) is 3.06. The second-order valence-corrected chi connectivity index (χ2v) is 10.2. The quantitative estimate of drug-likeness (QED) is 0.848. The number of hydrogen-bond donors (Lipinski definition) is 1. The van der Waals surface area contributed by atoms with E-state index in [0.717, 1.165) is 43.9 Å². The van der Waals surface area contributed by atoms with E-state index in [1.165, 1.54) is 44.2 Å². The molecule has 28 heavy (non-hydrogen) atoms. The number of amides is 1. The molecule has 1 saturated heterocycles. The highest BCUT2D eigenvalue weighted by Crippen LogP contribution is 2.61. The number of carbonyl (C=O) groups is 1. The highest BCUT2D eigenvalue weighted by atomic mass is 16.2. The Labute approximate surface area is 169 Å². The molecule has 5 fully saturated rings. The van der Waals surface area contributed by atoms with Crippen LogP contribution in [-0.2, 0) is 4.79 Å². The molecule has 0 aromatic heterocycles. The van der Waals surface area contributed by atoms with Crippen LogP contribution in [0.25, 0.3) is 0 Å². The van der Waals surface area contributed by atoms with Crippen LogP contribution in [-0.4, -0.2) is 49.6 Å². The van der Waals surface area contributed by atoms with Crippen molar-refractivity contribution in [3.05, 3.63) is 30.3 Å². The van der Waals surface area contributed by atoms with E-state index in [4.69, 9.17) is 0 Å². The number of para-hydroxylation sites is 1. The van der Waals surface area contributed by atoms with Gasteiger partial charge in [-0.25, -0.2) is 0 Å². The first-order valence-corrected chi connectivity index (χ1v) is 11.4. The molecule has 1 heterocycles. The van der Waals surface area contributed by atoms with Crippen molar-refractivity contribution in [1.82, 2.24) is 10.2 Å². The van der Waals surface area contributed by atoms with E-state index >= 15 is 0 Å². The van der Waals surface area contributed by atoms with Gasteiger partial charge in [-0.2, -0.15) is 0 Å². The molecule has 1 aromatic carbocycles. The largest absolute Gasteiger partial charge is 0.369 e. The summed E-state index contributed by atoms with van der Waals surface area (Å²) in [6.45, 7) is 6.78. The second kappa shape index (κ2) is 7.37. The molecule has 1 unspecified atom stereocenters. The third-order valence-corrected chi connectivity index (χ3v) is 8.24. The SMILES string of the molecule is CC(NC(=O)CN1CCN(c2ccccc2)CC1)C12CC3CC(CC(C3)C1)C2. The molecule has 4 aliphatic carbocycles. The number of piperazine rings is 1. The maximum atomic E-state index is 12.8. The van der Waals surface area contributed by atoms with E-state index in [9.17, 15) is 4.79 Å². The maximum absolute atomic E-state index is 12.8. The molecule has 0 radical (unpaired) electrons. The van der Waals surface area contributed by atoms with Crippen molar-refractivity contribution in [2.24, 2.45) is 23.2 Å². The predicted octanol–water partition coefficient (Wildman–Crippen LogP) is 3.53. The van der Waals surface area contributed by atoms with Gasteiger partial charge in [-0.3, -0.25) is 9.69 Å². The smallest absolute Gasteiger partial charge is 0.234 e. The topological polar surface area (TPSA) is 35.6 Å². The van der Waals surface area contributed by atoms with Gasteiger partial charge in [-0.1, -0.05) is 18.2 Å². The van der Waals surface area contributed by atoms with Gasteiger partial charge in [-0.15, -0.1) is 0 Å². The molecule has 4 bridgehead atoms. The lowest BCUT2D eigenvalue weighted by molar-refractivity contribution is -0.127. The van der Waals surface area contributed by atoms with Crippen molar-refractivity contribution in [1.29, 1.82) is 0 Å². The zero-order valence-electron chi connectivity index (χ0n) is 17.3. The maximum Gasteiger partial charge on any atom is 0.234 e. The van der Waals surface area contributed by atoms with Gasteiger partial charge in [0.1, 0.15) is 0 Å². The highest BCUT2D eigenvalue weighted by Gasteiger charge is 2.53. The molecule has 5 aliphatic rings. The average molecular weight is 382 g/mol. The van der Waals surface area contributed by atoms with Crippen molar-refractivity contribution in [3.8, 4) is 0 Å². The van der Waals surface area contributed by atoms with Crippen LogP contribution in [0.4, 0.5) is 5.69 Å². The summed E-state index contributed by atoms with van der Waals surface area (Å²) in [7, 11) is 0. The molecule has 1 atom stereocenters. The van der Waals surface area contributed by atoms with E-state index in [1.807, 2.05) is 0 Å². The number of benzene rings is 1. The van der Waals surface area contributed by atoms with Crippen molar-refractivity contribution in [3.63, 3.8) is 0 Å². The highest BCUT2D eigenvalue weighted by molar-refractivity contribution is 5.78. The summed E-state index contributed by atoms with van der Waals surface area (Å²) in [5.41, 5.74) is 1.69. The fourth-order valence-corrected chi connectivity index (χ4v) is 7.15. The lowest BCUT2D eigenvalue weighted by Gasteiger charge is -2.59. The van der Waals surface area contributed by atoms with Crippen LogP contribution >= 0.6 is 0 Å². The fourth-order valence-electron chi connectivity index (χ4n) is 7.15. The van der Waals surface area contributed by atoms with Crippen molar-refractivity contribution in [2.45, 2.75) is 51.5 Å². The van der Waals surface area contributed by atoms with Gasteiger partial charge in [0.25, 0.3) is 0 Å². The third-order valence-electron chi connectivity index (χ3n) is 8.24. The van der Waals surface area contributed by atoms with Gasteiger partial charge in [0.15, 0.2) is 0 Å². The minimum absolute atomic E-state index is 0.233. The standard InChI is InChI=1S/C24H35N3O/c1-18(24-14-19-11-20(15-24)13-21(12-19)16-24)25-23(28)17-26-7-9-27(10-8-26)22-5-3-2-4-6-22/h2-6,18-21H,7-17H2,1H3,(H,25,28). The van der Waals surface area contributed by atoms with Gasteiger partial charge in [-0.05, 0) is 80.8 Å². The summed E-state index contributed by atoms with van der Waals surface area (Å²) in [5, 5.41) is 3.43. The molecule has 1 aromatic rings. The molecule has 1 N–H and O–H groups in total. The summed E-state index contributed by atoms with van der Waals surface area (Å²) < 4.78 is 0. The van der Waals surface area contributed by atoms with Crippen LogP contribution in [0.2, 0.25) is 0 Å². The Hall–Kier alpha value is -1.55. The lowest BCUT2D eigenvalue weighted by atomic mass is 9.48. The normalized spacial score (nSPS) is 35.8. The Balaban J connectivity index is 1.12. The zero-order valence-corrected chi connectivity index (χ0v) is 17.3. The van der Waals surface area contributed by atoms with Crippen LogP contribution in [0.3, 0.4) is 0 Å². The number of rotatable bonds is 5. The molecule has 152 valence electrons. The van der Waals surface area contributed by atoms with E-state index in [0.29, 0.717) is 18.0 Å². The number of anilines is 1. The summed E-state index contributed by atoms with van der Waals surface area (Å²) in [6.07, 6.45) is 8.46. The van der Waals surface area contributed by atoms with Gasteiger partial charge < -0.3 is 10.2 Å². The minimum atomic E-state index is 0.233. The molecular weight excluding hydrogens is 346 g/mol. The average Bonchev–Trinajstić information content (AvgIpc) is 2.68. The van der Waals surface area contributed by atoms with Gasteiger partial charge >= 0.3 is 0 Å². The molecule has 1 amide bonds. The van der Waals surface area contributed by atoms with Gasteiger partial charge in [0.05, 0.1) is 6.54 Å². The Kier molecular flexibility index (Phi) is 4.86. The first-order chi connectivity index (χ1) is 13.6. The molecule has 1 aliphatic heterocycles. The lowest BCUT2D eigenvalue weighted by Crippen LogP contribution is -2.57. The summed E-state index contributed by atoms with van der Waals surface area (Å²) >= 11 is 0. The molecule has 4 heteroatoms. The summed E-state index contributed by atoms with van der Waals surface area (Å²) in [4.78, 5) is 17.5. The minimum Gasteiger partial charge on any atom is -0.369 e. The Morgan fingerprint density at radius 3 is 2.14 bits per heavy atom. The van der Waals surface area contributed by atoms with Gasteiger partial charge in [0, 0.05) is 37.9 Å². The number of nitrogens with zero attached hydrogens (tertiary/aromatic N) is 2. The van der Waals surface area contributed by atoms with Crippen molar-refractivity contribution >= 4 is 11.6 Å². The number of carbonyl (C=O) groups excluding carboxylic acids is 1.